The van der Waals surface area contributed by atoms with Gasteiger partial charge in [0, 0.05) is 11.5 Å². The highest BCUT2D eigenvalue weighted by Gasteiger charge is 2.61. The standard InChI is InChI=1S/C20H26O4/c1-19-8-7-15-13(14(19)5-6-16(19)18(23)24)4-3-11-9-12(21)10-17(22)20(11,15)2/h9-10,13-16,22H,3-8H2,1-2H3,(H,23,24). The van der Waals surface area contributed by atoms with Crippen molar-refractivity contribution in [1.29, 1.82) is 0 Å². The van der Waals surface area contributed by atoms with Gasteiger partial charge in [-0.15, -0.1) is 0 Å². The van der Waals surface area contributed by atoms with Crippen LogP contribution in [0.1, 0.15) is 52.4 Å². The zero-order valence-electron chi connectivity index (χ0n) is 14.4. The molecule has 2 N–H and O–H groups in total. The van der Waals surface area contributed by atoms with Crippen molar-refractivity contribution in [3.05, 3.63) is 23.5 Å². The second-order valence-corrected chi connectivity index (χ2v) is 8.73. The molecule has 4 nitrogen and oxygen atoms in total. The molecular weight excluding hydrogens is 304 g/mol. The van der Waals surface area contributed by atoms with Gasteiger partial charge in [-0.05, 0) is 74.7 Å². The summed E-state index contributed by atoms with van der Waals surface area (Å²) in [5.74, 6) is 0.409. The van der Waals surface area contributed by atoms with Gasteiger partial charge < -0.3 is 10.2 Å². The summed E-state index contributed by atoms with van der Waals surface area (Å²) in [6, 6.07) is 0. The molecule has 0 aromatic heterocycles. The lowest BCUT2D eigenvalue weighted by atomic mass is 9.47. The number of carboxylic acid groups (broad SMARTS) is 1. The molecule has 0 amide bonds. The van der Waals surface area contributed by atoms with Crippen molar-refractivity contribution < 1.29 is 19.8 Å². The first kappa shape index (κ1) is 15.9. The van der Waals surface area contributed by atoms with E-state index in [0.717, 1.165) is 44.1 Å². The maximum atomic E-state index is 11.8. The van der Waals surface area contributed by atoms with Gasteiger partial charge in [0.05, 0.1) is 5.92 Å². The summed E-state index contributed by atoms with van der Waals surface area (Å²) < 4.78 is 0. The van der Waals surface area contributed by atoms with Crippen molar-refractivity contribution in [2.24, 2.45) is 34.5 Å². The molecule has 130 valence electrons. The van der Waals surface area contributed by atoms with Gasteiger partial charge in [-0.25, -0.2) is 0 Å². The van der Waals surface area contributed by atoms with Crippen LogP contribution in [0.25, 0.3) is 0 Å². The van der Waals surface area contributed by atoms with E-state index in [2.05, 4.69) is 13.8 Å². The summed E-state index contributed by atoms with van der Waals surface area (Å²) >= 11 is 0. The van der Waals surface area contributed by atoms with Gasteiger partial charge in [-0.1, -0.05) is 12.5 Å². The van der Waals surface area contributed by atoms with E-state index in [1.165, 1.54) is 6.08 Å². The van der Waals surface area contributed by atoms with Crippen LogP contribution in [-0.2, 0) is 9.59 Å². The first-order valence-electron chi connectivity index (χ1n) is 9.17. The summed E-state index contributed by atoms with van der Waals surface area (Å²) in [4.78, 5) is 23.5. The van der Waals surface area contributed by atoms with E-state index >= 15 is 0 Å². The predicted molar refractivity (Wildman–Crippen MR) is 89.3 cm³/mol. The molecule has 4 heteroatoms. The second kappa shape index (κ2) is 4.96. The maximum absolute atomic E-state index is 11.8. The fraction of sp³-hybridized carbons (Fsp3) is 0.700. The van der Waals surface area contributed by atoms with Crippen molar-refractivity contribution in [1.82, 2.24) is 0 Å². The number of hydrogen-bond donors (Lipinski definition) is 2. The number of aliphatic hydroxyl groups excluding tert-OH is 1. The number of hydrogen-bond acceptors (Lipinski definition) is 3. The van der Waals surface area contributed by atoms with E-state index in [9.17, 15) is 19.8 Å². The number of fused-ring (bicyclic) bond motifs is 5. The molecule has 0 aromatic carbocycles. The SMILES string of the molecule is CC12C(O)=CC(=O)C=C1CCC1C2CCC2(C)C(C(=O)O)CCC12. The molecule has 3 fully saturated rings. The van der Waals surface area contributed by atoms with Crippen LogP contribution in [0.15, 0.2) is 23.5 Å². The van der Waals surface area contributed by atoms with Gasteiger partial charge in [-0.3, -0.25) is 9.59 Å². The van der Waals surface area contributed by atoms with Crippen molar-refractivity contribution >= 4 is 11.8 Å². The molecule has 3 saturated carbocycles. The van der Waals surface area contributed by atoms with Gasteiger partial charge in [0.1, 0.15) is 5.76 Å². The average Bonchev–Trinajstić information content (AvgIpc) is 2.86. The minimum absolute atomic E-state index is 0.106. The van der Waals surface area contributed by atoms with E-state index in [1.54, 1.807) is 6.08 Å². The largest absolute Gasteiger partial charge is 0.511 e. The van der Waals surface area contributed by atoms with E-state index in [0.29, 0.717) is 17.8 Å². The highest BCUT2D eigenvalue weighted by molar-refractivity contribution is 6.01. The topological polar surface area (TPSA) is 74.6 Å². The summed E-state index contributed by atoms with van der Waals surface area (Å²) in [7, 11) is 0. The van der Waals surface area contributed by atoms with Crippen LogP contribution in [0.2, 0.25) is 0 Å². The minimum atomic E-state index is -0.646. The molecule has 4 aliphatic rings. The smallest absolute Gasteiger partial charge is 0.307 e. The fourth-order valence-corrected chi connectivity index (χ4v) is 6.71. The van der Waals surface area contributed by atoms with Crippen molar-refractivity contribution in [2.45, 2.75) is 52.4 Å². The minimum Gasteiger partial charge on any atom is -0.511 e. The number of rotatable bonds is 1. The third-order valence-electron chi connectivity index (χ3n) is 8.02. The van der Waals surface area contributed by atoms with Gasteiger partial charge in [0.2, 0.25) is 0 Å². The summed E-state index contributed by atoms with van der Waals surface area (Å²) in [6.45, 7) is 4.26. The Hall–Kier alpha value is -1.58. The Bertz CT molecular complexity index is 675. The molecule has 0 aliphatic heterocycles. The lowest BCUT2D eigenvalue weighted by Gasteiger charge is -2.57. The lowest BCUT2D eigenvalue weighted by Crippen LogP contribution is -2.51. The molecule has 0 spiro atoms. The average molecular weight is 330 g/mol. The molecule has 6 atom stereocenters. The number of carboxylic acids is 1. The van der Waals surface area contributed by atoms with Crippen LogP contribution >= 0.6 is 0 Å². The molecule has 0 radical (unpaired) electrons. The molecule has 0 aromatic rings. The fourth-order valence-electron chi connectivity index (χ4n) is 6.71. The van der Waals surface area contributed by atoms with E-state index in [1.807, 2.05) is 0 Å². The molecule has 0 bridgehead atoms. The molecule has 24 heavy (non-hydrogen) atoms. The van der Waals surface area contributed by atoms with Crippen LogP contribution in [0.4, 0.5) is 0 Å². The lowest BCUT2D eigenvalue weighted by molar-refractivity contribution is -0.149. The number of aliphatic carboxylic acids is 1. The summed E-state index contributed by atoms with van der Waals surface area (Å²) in [5, 5.41) is 20.3. The van der Waals surface area contributed by atoms with Crippen LogP contribution in [0.3, 0.4) is 0 Å². The second-order valence-electron chi connectivity index (χ2n) is 8.73. The maximum Gasteiger partial charge on any atom is 0.307 e. The number of carbonyl (C=O) groups is 2. The monoisotopic (exact) mass is 330 g/mol. The Morgan fingerprint density at radius 2 is 1.88 bits per heavy atom. The zero-order valence-corrected chi connectivity index (χ0v) is 14.4. The van der Waals surface area contributed by atoms with Crippen LogP contribution in [0, 0.1) is 34.5 Å². The first-order chi connectivity index (χ1) is 11.3. The molecular formula is C20H26O4. The molecule has 0 heterocycles. The van der Waals surface area contributed by atoms with Crippen LogP contribution in [0.5, 0.6) is 0 Å². The molecule has 0 saturated heterocycles. The van der Waals surface area contributed by atoms with Crippen molar-refractivity contribution in [3.63, 3.8) is 0 Å². The quantitative estimate of drug-likeness (QED) is 0.765. The van der Waals surface area contributed by atoms with Crippen LogP contribution < -0.4 is 0 Å². The molecule has 4 aliphatic carbocycles. The van der Waals surface area contributed by atoms with Crippen molar-refractivity contribution in [3.8, 4) is 0 Å². The normalized spacial score (nSPS) is 47.2. The molecule has 6 unspecified atom stereocenters. The van der Waals surface area contributed by atoms with E-state index in [-0.39, 0.29) is 22.9 Å². The Labute approximate surface area is 142 Å². The van der Waals surface area contributed by atoms with Gasteiger partial charge >= 0.3 is 5.97 Å². The number of aliphatic hydroxyl groups is 1. The van der Waals surface area contributed by atoms with Gasteiger partial charge in [0.15, 0.2) is 5.78 Å². The predicted octanol–water partition coefficient (Wildman–Crippen LogP) is 3.88. The highest BCUT2D eigenvalue weighted by atomic mass is 16.4. The van der Waals surface area contributed by atoms with Crippen molar-refractivity contribution in [2.75, 3.05) is 0 Å². The summed E-state index contributed by atoms with van der Waals surface area (Å²) in [6.07, 6.45) is 8.55. The Balaban J connectivity index is 1.71. The highest BCUT2D eigenvalue weighted by Crippen LogP contribution is 2.66. The van der Waals surface area contributed by atoms with E-state index < -0.39 is 11.4 Å². The van der Waals surface area contributed by atoms with Crippen LogP contribution in [-0.4, -0.2) is 22.0 Å². The van der Waals surface area contributed by atoms with Gasteiger partial charge in [-0.2, -0.15) is 0 Å². The number of ketones is 1. The molecule has 4 rings (SSSR count). The Morgan fingerprint density at radius 1 is 1.12 bits per heavy atom. The third kappa shape index (κ3) is 1.86. The number of carbonyl (C=O) groups excluding carboxylic acids is 1. The first-order valence-corrected chi connectivity index (χ1v) is 9.17. The van der Waals surface area contributed by atoms with Gasteiger partial charge in [0.25, 0.3) is 0 Å². The number of allylic oxidation sites excluding steroid dienone is 3. The Kier molecular flexibility index (Phi) is 3.29. The summed E-state index contributed by atoms with van der Waals surface area (Å²) in [5.41, 5.74) is 0.526. The third-order valence-corrected chi connectivity index (χ3v) is 8.02. The Morgan fingerprint density at radius 3 is 2.58 bits per heavy atom. The van der Waals surface area contributed by atoms with E-state index in [4.69, 9.17) is 0 Å². The zero-order chi connectivity index (χ0) is 17.3.